The van der Waals surface area contributed by atoms with Crippen molar-refractivity contribution in [3.8, 4) is 11.5 Å². The Kier molecular flexibility index (Phi) is 7.49. The molecular weight excluding hydrogens is 395 g/mol. The molecule has 0 aliphatic rings. The van der Waals surface area contributed by atoms with Gasteiger partial charge in [0.2, 0.25) is 0 Å². The van der Waals surface area contributed by atoms with Crippen LogP contribution < -0.4 is 20.1 Å². The number of aryl methyl sites for hydroxylation is 2. The largest absolute Gasteiger partial charge is 0.490 e. The highest BCUT2D eigenvalue weighted by Crippen LogP contribution is 2.29. The van der Waals surface area contributed by atoms with E-state index in [1.165, 1.54) is 12.1 Å². The molecule has 0 saturated heterocycles. The van der Waals surface area contributed by atoms with Crippen LogP contribution in [0.15, 0.2) is 60.7 Å². The molecule has 31 heavy (non-hydrogen) atoms. The van der Waals surface area contributed by atoms with Crippen LogP contribution in [0.2, 0.25) is 0 Å². The lowest BCUT2D eigenvalue weighted by Gasteiger charge is -2.15. The minimum Gasteiger partial charge on any atom is -0.490 e. The standard InChI is InChI=1S/C25H27FN2O3/c1-4-30-24-14-19(15-27-21-10-8-20(26)9-11-21)7-12-23(24)31-16-25(29)28-22-13-17(2)5-6-18(22)3/h5-14,27H,4,15-16H2,1-3H3,(H,28,29). The van der Waals surface area contributed by atoms with E-state index < -0.39 is 0 Å². The van der Waals surface area contributed by atoms with Crippen molar-refractivity contribution in [3.63, 3.8) is 0 Å². The van der Waals surface area contributed by atoms with Crippen LogP contribution in [0.3, 0.4) is 0 Å². The molecule has 1 amide bonds. The van der Waals surface area contributed by atoms with E-state index in [2.05, 4.69) is 10.6 Å². The quantitative estimate of drug-likeness (QED) is 0.480. The number of hydrogen-bond acceptors (Lipinski definition) is 4. The molecule has 3 aromatic rings. The van der Waals surface area contributed by atoms with E-state index in [0.29, 0.717) is 24.7 Å². The minimum atomic E-state index is -0.271. The summed E-state index contributed by atoms with van der Waals surface area (Å²) in [5.74, 6) is 0.564. The van der Waals surface area contributed by atoms with E-state index in [9.17, 15) is 9.18 Å². The first-order valence-electron chi connectivity index (χ1n) is 10.2. The molecule has 0 aliphatic carbocycles. The van der Waals surface area contributed by atoms with Gasteiger partial charge in [-0.15, -0.1) is 0 Å². The third-order valence-electron chi connectivity index (χ3n) is 4.67. The van der Waals surface area contributed by atoms with Crippen molar-refractivity contribution in [1.29, 1.82) is 0 Å². The second-order valence-corrected chi connectivity index (χ2v) is 7.23. The van der Waals surface area contributed by atoms with E-state index in [0.717, 1.165) is 28.1 Å². The van der Waals surface area contributed by atoms with Gasteiger partial charge in [0, 0.05) is 17.9 Å². The Labute approximate surface area is 182 Å². The molecule has 0 aliphatic heterocycles. The highest BCUT2D eigenvalue weighted by molar-refractivity contribution is 5.92. The first kappa shape index (κ1) is 22.2. The molecule has 0 fully saturated rings. The Hall–Kier alpha value is -3.54. The molecule has 3 rings (SSSR count). The van der Waals surface area contributed by atoms with Crippen LogP contribution in [-0.2, 0) is 11.3 Å². The van der Waals surface area contributed by atoms with E-state index in [4.69, 9.17) is 9.47 Å². The molecule has 162 valence electrons. The summed E-state index contributed by atoms with van der Waals surface area (Å²) in [4.78, 5) is 12.4. The second kappa shape index (κ2) is 10.5. The minimum absolute atomic E-state index is 0.124. The molecule has 0 spiro atoms. The van der Waals surface area contributed by atoms with Crippen LogP contribution in [0.25, 0.3) is 0 Å². The predicted octanol–water partition coefficient (Wildman–Crippen LogP) is 5.47. The summed E-state index contributed by atoms with van der Waals surface area (Å²) < 4.78 is 24.5. The molecule has 0 saturated carbocycles. The summed E-state index contributed by atoms with van der Waals surface area (Å²) in [6.07, 6.45) is 0. The summed E-state index contributed by atoms with van der Waals surface area (Å²) in [7, 11) is 0. The van der Waals surface area contributed by atoms with Gasteiger partial charge in [0.15, 0.2) is 18.1 Å². The van der Waals surface area contributed by atoms with Crippen molar-refractivity contribution in [2.24, 2.45) is 0 Å². The lowest BCUT2D eigenvalue weighted by atomic mass is 10.1. The lowest BCUT2D eigenvalue weighted by molar-refractivity contribution is -0.118. The van der Waals surface area contributed by atoms with Crippen LogP contribution in [-0.4, -0.2) is 19.1 Å². The number of benzene rings is 3. The Morgan fingerprint density at radius 3 is 2.45 bits per heavy atom. The zero-order valence-corrected chi connectivity index (χ0v) is 18.0. The fourth-order valence-corrected chi connectivity index (χ4v) is 3.02. The number of rotatable bonds is 9. The van der Waals surface area contributed by atoms with Gasteiger partial charge in [-0.2, -0.15) is 0 Å². The van der Waals surface area contributed by atoms with Gasteiger partial charge in [-0.3, -0.25) is 4.79 Å². The Bertz CT molecular complexity index is 1040. The Morgan fingerprint density at radius 1 is 0.935 bits per heavy atom. The van der Waals surface area contributed by atoms with Gasteiger partial charge in [-0.25, -0.2) is 4.39 Å². The molecule has 0 bridgehead atoms. The Morgan fingerprint density at radius 2 is 1.71 bits per heavy atom. The fraction of sp³-hybridized carbons (Fsp3) is 0.240. The van der Waals surface area contributed by atoms with Crippen molar-refractivity contribution < 1.29 is 18.7 Å². The molecule has 0 aromatic heterocycles. The van der Waals surface area contributed by atoms with Gasteiger partial charge >= 0.3 is 0 Å². The van der Waals surface area contributed by atoms with Crippen molar-refractivity contribution in [1.82, 2.24) is 0 Å². The molecule has 2 N–H and O–H groups in total. The second-order valence-electron chi connectivity index (χ2n) is 7.23. The van der Waals surface area contributed by atoms with Crippen LogP contribution >= 0.6 is 0 Å². The summed E-state index contributed by atoms with van der Waals surface area (Å²) in [6.45, 7) is 6.70. The summed E-state index contributed by atoms with van der Waals surface area (Å²) in [6, 6.07) is 17.7. The third-order valence-corrected chi connectivity index (χ3v) is 4.67. The van der Waals surface area contributed by atoms with E-state index >= 15 is 0 Å². The number of amides is 1. The first-order chi connectivity index (χ1) is 14.9. The lowest BCUT2D eigenvalue weighted by Crippen LogP contribution is -2.21. The molecule has 0 heterocycles. The highest BCUT2D eigenvalue weighted by atomic mass is 19.1. The summed E-state index contributed by atoms with van der Waals surface area (Å²) in [5.41, 5.74) is 4.64. The smallest absolute Gasteiger partial charge is 0.262 e. The van der Waals surface area contributed by atoms with E-state index in [-0.39, 0.29) is 18.3 Å². The highest BCUT2D eigenvalue weighted by Gasteiger charge is 2.11. The molecule has 0 atom stereocenters. The number of nitrogens with one attached hydrogen (secondary N) is 2. The average molecular weight is 423 g/mol. The van der Waals surface area contributed by atoms with Crippen LogP contribution in [0, 0.1) is 19.7 Å². The molecule has 3 aromatic carbocycles. The fourth-order valence-electron chi connectivity index (χ4n) is 3.02. The normalized spacial score (nSPS) is 10.5. The average Bonchev–Trinajstić information content (AvgIpc) is 2.75. The molecule has 0 unspecified atom stereocenters. The number of halogens is 1. The molecule has 6 heteroatoms. The maximum Gasteiger partial charge on any atom is 0.262 e. The number of carbonyl (C=O) groups excluding carboxylic acids is 1. The van der Waals surface area contributed by atoms with E-state index in [1.807, 2.05) is 51.1 Å². The van der Waals surface area contributed by atoms with Crippen LogP contribution in [0.4, 0.5) is 15.8 Å². The number of hydrogen-bond donors (Lipinski definition) is 2. The zero-order chi connectivity index (χ0) is 22.2. The van der Waals surface area contributed by atoms with Crippen LogP contribution in [0.1, 0.15) is 23.6 Å². The number of anilines is 2. The van der Waals surface area contributed by atoms with E-state index in [1.54, 1.807) is 18.2 Å². The van der Waals surface area contributed by atoms with Crippen molar-refractivity contribution in [3.05, 3.63) is 83.2 Å². The van der Waals surface area contributed by atoms with Gasteiger partial charge in [0.25, 0.3) is 5.91 Å². The molecular formula is C25H27FN2O3. The molecule has 5 nitrogen and oxygen atoms in total. The van der Waals surface area contributed by atoms with Gasteiger partial charge in [0.05, 0.1) is 6.61 Å². The van der Waals surface area contributed by atoms with Crippen molar-refractivity contribution in [2.45, 2.75) is 27.3 Å². The summed E-state index contributed by atoms with van der Waals surface area (Å²) >= 11 is 0. The maximum absolute atomic E-state index is 13.0. The predicted molar refractivity (Wildman–Crippen MR) is 121 cm³/mol. The van der Waals surface area contributed by atoms with Gasteiger partial charge in [-0.1, -0.05) is 18.2 Å². The van der Waals surface area contributed by atoms with Gasteiger partial charge in [-0.05, 0) is 79.9 Å². The SMILES string of the molecule is CCOc1cc(CNc2ccc(F)cc2)ccc1OCC(=O)Nc1cc(C)ccc1C. The topological polar surface area (TPSA) is 59.6 Å². The summed E-state index contributed by atoms with van der Waals surface area (Å²) in [5, 5.41) is 6.12. The number of ether oxygens (including phenoxy) is 2. The zero-order valence-electron chi connectivity index (χ0n) is 18.0. The Balaban J connectivity index is 1.61. The van der Waals surface area contributed by atoms with Crippen molar-refractivity contribution in [2.75, 3.05) is 23.8 Å². The number of carbonyl (C=O) groups is 1. The molecule has 0 radical (unpaired) electrons. The van der Waals surface area contributed by atoms with Crippen LogP contribution in [0.5, 0.6) is 11.5 Å². The van der Waals surface area contributed by atoms with Gasteiger partial charge < -0.3 is 20.1 Å². The maximum atomic E-state index is 13.0. The van der Waals surface area contributed by atoms with Crippen molar-refractivity contribution >= 4 is 17.3 Å². The third kappa shape index (κ3) is 6.47. The first-order valence-corrected chi connectivity index (χ1v) is 10.2. The monoisotopic (exact) mass is 422 g/mol. The van der Waals surface area contributed by atoms with Gasteiger partial charge in [0.1, 0.15) is 5.82 Å².